The van der Waals surface area contributed by atoms with Gasteiger partial charge in [0.2, 0.25) is 0 Å². The number of likely N-dealkylation sites (tertiary alicyclic amines) is 1. The first-order valence-corrected chi connectivity index (χ1v) is 5.77. The molecule has 1 heterocycles. The molecule has 0 spiro atoms. The van der Waals surface area contributed by atoms with Gasteiger partial charge in [0.05, 0.1) is 0 Å². The van der Waals surface area contributed by atoms with Crippen molar-refractivity contribution in [3.63, 3.8) is 0 Å². The first-order chi connectivity index (χ1) is 7.38. The van der Waals surface area contributed by atoms with Crippen molar-refractivity contribution in [1.29, 1.82) is 0 Å². The van der Waals surface area contributed by atoms with Gasteiger partial charge in [0.25, 0.3) is 0 Å². The number of hydrogen-bond acceptors (Lipinski definition) is 1. The van der Waals surface area contributed by atoms with Crippen molar-refractivity contribution in [3.05, 3.63) is 48.6 Å². The summed E-state index contributed by atoms with van der Waals surface area (Å²) in [4.78, 5) is 2.57. The molecule has 1 heteroatoms. The molecule has 0 N–H and O–H groups in total. The van der Waals surface area contributed by atoms with Crippen LogP contribution in [0.1, 0.15) is 5.56 Å². The quantitative estimate of drug-likeness (QED) is 0.676. The molecule has 0 aromatic heterocycles. The predicted octanol–water partition coefficient (Wildman–Crippen LogP) is 2.55. The molecule has 1 saturated heterocycles. The highest BCUT2D eigenvalue weighted by Gasteiger charge is 2.53. The molecule has 78 valence electrons. The second-order valence-corrected chi connectivity index (χ2v) is 4.82. The molecule has 2 aliphatic rings. The molecule has 2 fully saturated rings. The van der Waals surface area contributed by atoms with Crippen LogP contribution in [0.2, 0.25) is 0 Å². The number of hydrogen-bond donors (Lipinski definition) is 0. The summed E-state index contributed by atoms with van der Waals surface area (Å²) in [5.74, 6) is 2.68. The number of nitrogens with zero attached hydrogens (tertiary/aromatic N) is 1. The SMILES string of the molecule is C=CC1[C@H]2CN(Cc3ccccc3)C[C@@H]12. The van der Waals surface area contributed by atoms with Gasteiger partial charge in [-0.25, -0.2) is 0 Å². The van der Waals surface area contributed by atoms with Gasteiger partial charge in [-0.15, -0.1) is 6.58 Å². The van der Waals surface area contributed by atoms with E-state index in [0.29, 0.717) is 0 Å². The van der Waals surface area contributed by atoms with Gasteiger partial charge in [0.15, 0.2) is 0 Å². The van der Waals surface area contributed by atoms with Crippen LogP contribution in [0.25, 0.3) is 0 Å². The minimum atomic E-state index is 0.831. The third-order valence-corrected chi connectivity index (χ3v) is 3.86. The zero-order chi connectivity index (χ0) is 10.3. The molecule has 1 aromatic rings. The highest BCUT2D eigenvalue weighted by atomic mass is 15.2. The van der Waals surface area contributed by atoms with E-state index in [1.54, 1.807) is 0 Å². The first-order valence-electron chi connectivity index (χ1n) is 5.77. The van der Waals surface area contributed by atoms with Crippen LogP contribution in [0.4, 0.5) is 0 Å². The lowest BCUT2D eigenvalue weighted by atomic mass is 10.2. The van der Waals surface area contributed by atoms with E-state index in [0.717, 1.165) is 24.3 Å². The van der Waals surface area contributed by atoms with Gasteiger partial charge in [-0.05, 0) is 23.3 Å². The molecule has 0 radical (unpaired) electrons. The fraction of sp³-hybridized carbons (Fsp3) is 0.429. The molecule has 1 nitrogen and oxygen atoms in total. The van der Waals surface area contributed by atoms with Gasteiger partial charge in [0.1, 0.15) is 0 Å². The maximum atomic E-state index is 3.90. The highest BCUT2D eigenvalue weighted by Crippen LogP contribution is 2.52. The second-order valence-electron chi connectivity index (χ2n) is 4.82. The number of rotatable bonds is 3. The molecule has 1 aliphatic heterocycles. The molecule has 1 aliphatic carbocycles. The van der Waals surface area contributed by atoms with Gasteiger partial charge in [-0.2, -0.15) is 0 Å². The van der Waals surface area contributed by atoms with Crippen molar-refractivity contribution in [3.8, 4) is 0 Å². The Morgan fingerprint density at radius 3 is 2.47 bits per heavy atom. The molecule has 0 bridgehead atoms. The van der Waals surface area contributed by atoms with Gasteiger partial charge < -0.3 is 0 Å². The Morgan fingerprint density at radius 1 is 1.20 bits per heavy atom. The van der Waals surface area contributed by atoms with E-state index in [9.17, 15) is 0 Å². The highest BCUT2D eigenvalue weighted by molar-refractivity contribution is 5.17. The molecule has 0 amide bonds. The summed E-state index contributed by atoms with van der Waals surface area (Å²) < 4.78 is 0. The fourth-order valence-electron chi connectivity index (χ4n) is 2.98. The molecule has 1 unspecified atom stereocenters. The Labute approximate surface area is 91.4 Å². The van der Waals surface area contributed by atoms with Crippen molar-refractivity contribution < 1.29 is 0 Å². The van der Waals surface area contributed by atoms with Gasteiger partial charge in [-0.1, -0.05) is 36.4 Å². The molecule has 1 aromatic carbocycles. The third-order valence-electron chi connectivity index (χ3n) is 3.86. The van der Waals surface area contributed by atoms with E-state index in [4.69, 9.17) is 0 Å². The van der Waals surface area contributed by atoms with Gasteiger partial charge in [-0.3, -0.25) is 4.90 Å². The molecule has 1 saturated carbocycles. The minimum Gasteiger partial charge on any atom is -0.298 e. The first kappa shape index (κ1) is 9.17. The molecule has 3 atom stereocenters. The zero-order valence-electron chi connectivity index (χ0n) is 8.97. The number of benzene rings is 1. The maximum absolute atomic E-state index is 3.90. The van der Waals surface area contributed by atoms with Crippen molar-refractivity contribution in [2.75, 3.05) is 13.1 Å². The molecule has 15 heavy (non-hydrogen) atoms. The van der Waals surface area contributed by atoms with Crippen LogP contribution >= 0.6 is 0 Å². The maximum Gasteiger partial charge on any atom is 0.0233 e. The van der Waals surface area contributed by atoms with E-state index in [1.165, 1.54) is 18.7 Å². The summed E-state index contributed by atoms with van der Waals surface area (Å²) in [5.41, 5.74) is 1.44. The van der Waals surface area contributed by atoms with Crippen molar-refractivity contribution in [2.24, 2.45) is 17.8 Å². The average Bonchev–Trinajstić information content (AvgIpc) is 2.75. The number of piperidine rings is 1. The van der Waals surface area contributed by atoms with Crippen molar-refractivity contribution >= 4 is 0 Å². The van der Waals surface area contributed by atoms with E-state index in [2.05, 4.69) is 47.9 Å². The Morgan fingerprint density at radius 2 is 1.87 bits per heavy atom. The number of fused-ring (bicyclic) bond motifs is 1. The summed E-state index contributed by atoms with van der Waals surface area (Å²) >= 11 is 0. The summed E-state index contributed by atoms with van der Waals surface area (Å²) in [6.45, 7) is 7.57. The van der Waals surface area contributed by atoms with E-state index in [1.807, 2.05) is 0 Å². The lowest BCUT2D eigenvalue weighted by Gasteiger charge is -2.18. The average molecular weight is 199 g/mol. The van der Waals surface area contributed by atoms with Crippen LogP contribution in [0, 0.1) is 17.8 Å². The third kappa shape index (κ3) is 1.61. The molecular formula is C14H17N. The van der Waals surface area contributed by atoms with Crippen LogP contribution in [-0.2, 0) is 6.54 Å². The van der Waals surface area contributed by atoms with Crippen LogP contribution in [0.3, 0.4) is 0 Å². The molecule has 3 rings (SSSR count). The monoisotopic (exact) mass is 199 g/mol. The summed E-state index contributed by atoms with van der Waals surface area (Å²) in [5, 5.41) is 0. The topological polar surface area (TPSA) is 3.24 Å². The Hall–Kier alpha value is -1.08. The largest absolute Gasteiger partial charge is 0.298 e. The predicted molar refractivity (Wildman–Crippen MR) is 62.4 cm³/mol. The fourth-order valence-corrected chi connectivity index (χ4v) is 2.98. The summed E-state index contributed by atoms with van der Waals surface area (Å²) in [6.07, 6.45) is 2.15. The summed E-state index contributed by atoms with van der Waals surface area (Å²) in [6, 6.07) is 10.8. The zero-order valence-corrected chi connectivity index (χ0v) is 8.97. The lowest BCUT2D eigenvalue weighted by Crippen LogP contribution is -2.23. The Bertz CT molecular complexity index is 345. The standard InChI is InChI=1S/C14H17N/c1-2-12-13-9-15(10-14(12)13)8-11-6-4-3-5-7-11/h2-7,12-14H,1,8-10H2/t12?,13-,14+. The van der Waals surface area contributed by atoms with Crippen LogP contribution in [-0.4, -0.2) is 18.0 Å². The van der Waals surface area contributed by atoms with Crippen LogP contribution in [0.5, 0.6) is 0 Å². The Kier molecular flexibility index (Phi) is 2.14. The van der Waals surface area contributed by atoms with E-state index in [-0.39, 0.29) is 0 Å². The number of allylic oxidation sites excluding steroid dienone is 1. The second kappa shape index (κ2) is 3.49. The van der Waals surface area contributed by atoms with Crippen LogP contribution < -0.4 is 0 Å². The lowest BCUT2D eigenvalue weighted by molar-refractivity contribution is 0.286. The Balaban J connectivity index is 1.58. The molecular weight excluding hydrogens is 182 g/mol. The van der Waals surface area contributed by atoms with E-state index < -0.39 is 0 Å². The summed E-state index contributed by atoms with van der Waals surface area (Å²) in [7, 11) is 0. The smallest absolute Gasteiger partial charge is 0.0233 e. The van der Waals surface area contributed by atoms with Crippen molar-refractivity contribution in [1.82, 2.24) is 4.90 Å². The van der Waals surface area contributed by atoms with Crippen molar-refractivity contribution in [2.45, 2.75) is 6.54 Å². The normalized spacial score (nSPS) is 33.7. The van der Waals surface area contributed by atoms with E-state index >= 15 is 0 Å². The van der Waals surface area contributed by atoms with Gasteiger partial charge >= 0.3 is 0 Å². The minimum absolute atomic E-state index is 0.831. The van der Waals surface area contributed by atoms with Crippen LogP contribution in [0.15, 0.2) is 43.0 Å². The van der Waals surface area contributed by atoms with Gasteiger partial charge in [0, 0.05) is 19.6 Å².